The maximum absolute atomic E-state index is 12.3. The Balaban J connectivity index is 3.13. The highest BCUT2D eigenvalue weighted by atomic mass is 16.6. The van der Waals surface area contributed by atoms with Crippen molar-refractivity contribution in [1.82, 2.24) is 4.90 Å². The van der Waals surface area contributed by atoms with Gasteiger partial charge in [0.2, 0.25) is 0 Å². The molecule has 0 aliphatic carbocycles. The number of aliphatic hydroxyl groups is 1. The molecule has 0 atom stereocenters. The lowest BCUT2D eigenvalue weighted by Crippen LogP contribution is -2.39. The molecule has 0 heterocycles. The Morgan fingerprint density at radius 1 is 1.50 bits per heavy atom. The molecule has 7 heteroatoms. The molecule has 0 unspecified atom stereocenters. The molecule has 0 spiro atoms. The summed E-state index contributed by atoms with van der Waals surface area (Å²) in [4.78, 5) is 24.2. The maximum Gasteiger partial charge on any atom is 0.292 e. The predicted molar refractivity (Wildman–Crippen MR) is 75.9 cm³/mol. The minimum atomic E-state index is -0.506. The standard InChI is InChI=1S/C13H19N3O4/c1-9(2)15(6-7-17)13(18)10-4-5-12(16(19)20)11(8-10)14-3/h4-5,8-9,14,17H,6-7H2,1-3H3. The lowest BCUT2D eigenvalue weighted by molar-refractivity contribution is -0.383. The van der Waals surface area contributed by atoms with Gasteiger partial charge in [-0.25, -0.2) is 0 Å². The Labute approximate surface area is 117 Å². The van der Waals surface area contributed by atoms with Crippen LogP contribution in [-0.2, 0) is 0 Å². The van der Waals surface area contributed by atoms with Gasteiger partial charge in [0.15, 0.2) is 0 Å². The van der Waals surface area contributed by atoms with Crippen LogP contribution in [0.1, 0.15) is 24.2 Å². The number of hydrogen-bond donors (Lipinski definition) is 2. The van der Waals surface area contributed by atoms with Crippen LogP contribution in [0.4, 0.5) is 11.4 Å². The third kappa shape index (κ3) is 3.45. The predicted octanol–water partition coefficient (Wildman–Crippen LogP) is 1.48. The molecule has 0 saturated carbocycles. The molecule has 1 rings (SSSR count). The second-order valence-corrected chi connectivity index (χ2v) is 4.55. The van der Waals surface area contributed by atoms with Crippen LogP contribution >= 0.6 is 0 Å². The van der Waals surface area contributed by atoms with Gasteiger partial charge in [-0.3, -0.25) is 14.9 Å². The van der Waals surface area contributed by atoms with E-state index in [-0.39, 0.29) is 36.5 Å². The second-order valence-electron chi connectivity index (χ2n) is 4.55. The van der Waals surface area contributed by atoms with E-state index in [4.69, 9.17) is 5.11 Å². The lowest BCUT2D eigenvalue weighted by atomic mass is 10.1. The highest BCUT2D eigenvalue weighted by molar-refractivity contribution is 5.96. The summed E-state index contributed by atoms with van der Waals surface area (Å²) in [5, 5.41) is 22.6. The van der Waals surface area contributed by atoms with E-state index in [1.54, 1.807) is 7.05 Å². The van der Waals surface area contributed by atoms with E-state index in [1.165, 1.54) is 23.1 Å². The van der Waals surface area contributed by atoms with Crippen LogP contribution in [0, 0.1) is 10.1 Å². The van der Waals surface area contributed by atoms with Crippen molar-refractivity contribution in [2.24, 2.45) is 0 Å². The molecule has 0 aliphatic rings. The summed E-state index contributed by atoms with van der Waals surface area (Å²) in [6.07, 6.45) is 0. The SMILES string of the molecule is CNc1cc(C(=O)N(CCO)C(C)C)ccc1[N+](=O)[O-]. The molecule has 0 saturated heterocycles. The summed E-state index contributed by atoms with van der Waals surface area (Å²) in [7, 11) is 1.56. The van der Waals surface area contributed by atoms with Crippen LogP contribution in [0.2, 0.25) is 0 Å². The number of amides is 1. The fraction of sp³-hybridized carbons (Fsp3) is 0.462. The zero-order valence-electron chi connectivity index (χ0n) is 11.8. The molecule has 0 radical (unpaired) electrons. The zero-order valence-corrected chi connectivity index (χ0v) is 11.8. The van der Waals surface area contributed by atoms with Crippen molar-refractivity contribution < 1.29 is 14.8 Å². The van der Waals surface area contributed by atoms with Gasteiger partial charge < -0.3 is 15.3 Å². The number of nitrogens with zero attached hydrogens (tertiary/aromatic N) is 2. The molecule has 2 N–H and O–H groups in total. The lowest BCUT2D eigenvalue weighted by Gasteiger charge is -2.26. The number of nitro benzene ring substituents is 1. The van der Waals surface area contributed by atoms with Crippen molar-refractivity contribution in [2.75, 3.05) is 25.5 Å². The van der Waals surface area contributed by atoms with E-state index in [1.807, 2.05) is 13.8 Å². The smallest absolute Gasteiger partial charge is 0.292 e. The minimum Gasteiger partial charge on any atom is -0.395 e. The first kappa shape index (κ1) is 15.9. The molecular formula is C13H19N3O4. The van der Waals surface area contributed by atoms with Gasteiger partial charge in [-0.2, -0.15) is 0 Å². The average molecular weight is 281 g/mol. The monoisotopic (exact) mass is 281 g/mol. The molecule has 1 aromatic rings. The molecule has 110 valence electrons. The van der Waals surface area contributed by atoms with E-state index in [0.29, 0.717) is 5.56 Å². The highest BCUT2D eigenvalue weighted by Crippen LogP contribution is 2.25. The largest absolute Gasteiger partial charge is 0.395 e. The van der Waals surface area contributed by atoms with Gasteiger partial charge in [-0.1, -0.05) is 0 Å². The van der Waals surface area contributed by atoms with E-state index < -0.39 is 4.92 Å². The van der Waals surface area contributed by atoms with Crippen molar-refractivity contribution in [3.8, 4) is 0 Å². The fourth-order valence-corrected chi connectivity index (χ4v) is 1.90. The van der Waals surface area contributed by atoms with E-state index in [2.05, 4.69) is 5.32 Å². The fourth-order valence-electron chi connectivity index (χ4n) is 1.90. The van der Waals surface area contributed by atoms with Crippen molar-refractivity contribution in [1.29, 1.82) is 0 Å². The van der Waals surface area contributed by atoms with E-state index in [0.717, 1.165) is 0 Å². The number of nitrogens with one attached hydrogen (secondary N) is 1. The molecule has 1 amide bonds. The van der Waals surface area contributed by atoms with Gasteiger partial charge in [0.1, 0.15) is 5.69 Å². The Bertz CT molecular complexity index is 502. The molecule has 1 aromatic carbocycles. The third-order valence-corrected chi connectivity index (χ3v) is 2.93. The van der Waals surface area contributed by atoms with Crippen LogP contribution in [0.5, 0.6) is 0 Å². The second kappa shape index (κ2) is 6.85. The molecule has 0 bridgehead atoms. The van der Waals surface area contributed by atoms with Gasteiger partial charge in [-0.15, -0.1) is 0 Å². The quantitative estimate of drug-likeness (QED) is 0.608. The number of rotatable bonds is 6. The third-order valence-electron chi connectivity index (χ3n) is 2.93. The Morgan fingerprint density at radius 3 is 2.60 bits per heavy atom. The minimum absolute atomic E-state index is 0.0668. The molecule has 0 aliphatic heterocycles. The van der Waals surface area contributed by atoms with Crippen LogP contribution in [0.15, 0.2) is 18.2 Å². The molecule has 0 aromatic heterocycles. The molecule has 0 fully saturated rings. The van der Waals surface area contributed by atoms with Crippen LogP contribution in [0.3, 0.4) is 0 Å². The Kier molecular flexibility index (Phi) is 5.45. The van der Waals surface area contributed by atoms with Crippen LogP contribution in [0.25, 0.3) is 0 Å². The summed E-state index contributed by atoms with van der Waals surface area (Å²) in [5.41, 5.74) is 0.554. The van der Waals surface area contributed by atoms with E-state index >= 15 is 0 Å². The van der Waals surface area contributed by atoms with Crippen LogP contribution < -0.4 is 5.32 Å². The number of nitro groups is 1. The number of aliphatic hydroxyl groups excluding tert-OH is 1. The number of benzene rings is 1. The molecule has 20 heavy (non-hydrogen) atoms. The van der Waals surface area contributed by atoms with Gasteiger partial charge in [0, 0.05) is 31.3 Å². The Hall–Kier alpha value is -2.15. The Morgan fingerprint density at radius 2 is 2.15 bits per heavy atom. The first-order valence-electron chi connectivity index (χ1n) is 6.30. The summed E-state index contributed by atoms with van der Waals surface area (Å²) < 4.78 is 0. The highest BCUT2D eigenvalue weighted by Gasteiger charge is 2.21. The van der Waals surface area contributed by atoms with Crippen molar-refractivity contribution in [3.63, 3.8) is 0 Å². The maximum atomic E-state index is 12.3. The molecule has 7 nitrogen and oxygen atoms in total. The number of carbonyl (C=O) groups is 1. The van der Waals surface area contributed by atoms with Gasteiger partial charge in [0.05, 0.1) is 11.5 Å². The van der Waals surface area contributed by atoms with Gasteiger partial charge in [0.25, 0.3) is 11.6 Å². The first-order valence-corrected chi connectivity index (χ1v) is 6.30. The van der Waals surface area contributed by atoms with E-state index in [9.17, 15) is 14.9 Å². The number of anilines is 1. The van der Waals surface area contributed by atoms with Gasteiger partial charge in [-0.05, 0) is 26.0 Å². The summed E-state index contributed by atoms with van der Waals surface area (Å²) in [6.45, 7) is 3.79. The van der Waals surface area contributed by atoms with Crippen LogP contribution in [-0.4, -0.2) is 47.1 Å². The van der Waals surface area contributed by atoms with Gasteiger partial charge >= 0.3 is 0 Å². The number of hydrogen-bond acceptors (Lipinski definition) is 5. The summed E-state index contributed by atoms with van der Waals surface area (Å²) in [6, 6.07) is 4.11. The molecular weight excluding hydrogens is 262 g/mol. The summed E-state index contributed by atoms with van der Waals surface area (Å²) in [5.74, 6) is -0.263. The first-order chi connectivity index (χ1) is 9.42. The topological polar surface area (TPSA) is 95.7 Å². The normalized spacial score (nSPS) is 10.4. The van der Waals surface area contributed by atoms with Crippen molar-refractivity contribution in [2.45, 2.75) is 19.9 Å². The number of carbonyl (C=O) groups excluding carboxylic acids is 1. The zero-order chi connectivity index (χ0) is 15.3. The average Bonchev–Trinajstić information content (AvgIpc) is 2.42. The summed E-state index contributed by atoms with van der Waals surface area (Å²) >= 11 is 0. The van der Waals surface area contributed by atoms with Crippen molar-refractivity contribution >= 4 is 17.3 Å². The van der Waals surface area contributed by atoms with Crippen molar-refractivity contribution in [3.05, 3.63) is 33.9 Å².